The molecule has 4 aromatic rings. The number of ether oxygens (including phenoxy) is 2. The predicted octanol–water partition coefficient (Wildman–Crippen LogP) is 5.90. The number of carbonyl (C=O) groups is 1. The minimum atomic E-state index is -4.66. The average Bonchev–Trinajstić information content (AvgIpc) is 3.11. The quantitative estimate of drug-likeness (QED) is 0.260. The van der Waals surface area contributed by atoms with Crippen molar-refractivity contribution in [2.24, 2.45) is 4.99 Å². The molecule has 0 aliphatic carbocycles. The van der Waals surface area contributed by atoms with Crippen LogP contribution in [0.5, 0.6) is 11.5 Å². The molecule has 0 atom stereocenters. The first-order valence-electron chi connectivity index (χ1n) is 12.2. The standard InChI is InChI=1S/C29H19F4N5O4/c1-41-23-10-17(6-8-19(23)27(39)40)37-28-36-13-16-12-35-26(20-9-15(11-34)5-7-18(20)25(16)38-28)24-21(30)3-2-4-22(24)42-14-29(31,32)33/h2-10,13H,12,14H2,1H3,(H,39,40)(H,36,37,38). The number of rotatable bonds is 7. The highest BCUT2D eigenvalue weighted by Crippen LogP contribution is 2.36. The molecule has 13 heteroatoms. The molecule has 5 rings (SSSR count). The fraction of sp³-hybridized carbons (Fsp3) is 0.138. The van der Waals surface area contributed by atoms with Gasteiger partial charge in [0.1, 0.15) is 22.9 Å². The summed E-state index contributed by atoms with van der Waals surface area (Å²) in [6.45, 7) is -1.70. The topological polar surface area (TPSA) is 130 Å². The summed E-state index contributed by atoms with van der Waals surface area (Å²) in [7, 11) is 1.34. The van der Waals surface area contributed by atoms with E-state index in [0.717, 1.165) is 6.07 Å². The molecule has 9 nitrogen and oxygen atoms in total. The Hall–Kier alpha value is -5.51. The van der Waals surface area contributed by atoms with Crippen LogP contribution in [0.4, 0.5) is 29.2 Å². The molecule has 42 heavy (non-hydrogen) atoms. The first-order valence-corrected chi connectivity index (χ1v) is 12.2. The van der Waals surface area contributed by atoms with Gasteiger partial charge in [0.25, 0.3) is 0 Å². The van der Waals surface area contributed by atoms with Gasteiger partial charge in [-0.2, -0.15) is 18.4 Å². The van der Waals surface area contributed by atoms with Crippen molar-refractivity contribution in [3.05, 3.63) is 94.4 Å². The summed E-state index contributed by atoms with van der Waals surface area (Å²) in [4.78, 5) is 24.9. The molecule has 1 aromatic heterocycles. The number of nitrogens with one attached hydrogen (secondary N) is 1. The Balaban J connectivity index is 1.60. The fourth-order valence-electron chi connectivity index (χ4n) is 4.38. The fourth-order valence-corrected chi connectivity index (χ4v) is 4.38. The molecule has 212 valence electrons. The van der Waals surface area contributed by atoms with Gasteiger partial charge in [0, 0.05) is 34.6 Å². The second-order valence-electron chi connectivity index (χ2n) is 8.97. The van der Waals surface area contributed by atoms with E-state index in [4.69, 9.17) is 9.47 Å². The molecule has 3 aromatic carbocycles. The summed E-state index contributed by atoms with van der Waals surface area (Å²) in [5.41, 5.74) is 1.88. The Bertz CT molecular complexity index is 1780. The molecule has 0 fully saturated rings. The van der Waals surface area contributed by atoms with Crippen LogP contribution in [0.1, 0.15) is 32.6 Å². The van der Waals surface area contributed by atoms with Crippen molar-refractivity contribution in [2.75, 3.05) is 19.0 Å². The Morgan fingerprint density at radius 1 is 1.12 bits per heavy atom. The maximum Gasteiger partial charge on any atom is 0.422 e. The highest BCUT2D eigenvalue weighted by Gasteiger charge is 2.31. The van der Waals surface area contributed by atoms with Crippen LogP contribution < -0.4 is 14.8 Å². The number of fused-ring (bicyclic) bond motifs is 3. The molecule has 2 heterocycles. The zero-order valence-corrected chi connectivity index (χ0v) is 21.7. The zero-order valence-electron chi connectivity index (χ0n) is 21.7. The monoisotopic (exact) mass is 577 g/mol. The van der Waals surface area contributed by atoms with E-state index < -0.39 is 24.6 Å². The van der Waals surface area contributed by atoms with Gasteiger partial charge in [-0.3, -0.25) is 4.99 Å². The number of carboxylic acids is 1. The van der Waals surface area contributed by atoms with E-state index in [0.29, 0.717) is 22.5 Å². The molecular formula is C29H19F4N5O4. The third-order valence-electron chi connectivity index (χ3n) is 6.22. The molecule has 0 spiro atoms. The van der Waals surface area contributed by atoms with Crippen LogP contribution in [0.3, 0.4) is 0 Å². The molecule has 1 aliphatic heterocycles. The number of nitrogens with zero attached hydrogens (tertiary/aromatic N) is 4. The number of nitriles is 1. The van der Waals surface area contributed by atoms with Crippen molar-refractivity contribution in [1.82, 2.24) is 9.97 Å². The van der Waals surface area contributed by atoms with Gasteiger partial charge in [-0.25, -0.2) is 19.2 Å². The number of aromatic carboxylic acids is 1. The van der Waals surface area contributed by atoms with E-state index >= 15 is 4.39 Å². The maximum atomic E-state index is 15.2. The molecule has 0 saturated heterocycles. The number of methoxy groups -OCH3 is 1. The summed E-state index contributed by atoms with van der Waals surface area (Å²) in [5, 5.41) is 21.9. The lowest BCUT2D eigenvalue weighted by Gasteiger charge is -2.17. The van der Waals surface area contributed by atoms with Gasteiger partial charge in [-0.05, 0) is 36.4 Å². The van der Waals surface area contributed by atoms with Crippen molar-refractivity contribution >= 4 is 23.3 Å². The predicted molar refractivity (Wildman–Crippen MR) is 143 cm³/mol. The summed E-state index contributed by atoms with van der Waals surface area (Å²) in [6, 6.07) is 14.4. The number of hydrogen-bond donors (Lipinski definition) is 2. The molecule has 1 aliphatic rings. The van der Waals surface area contributed by atoms with Gasteiger partial charge in [-0.15, -0.1) is 0 Å². The normalized spacial score (nSPS) is 12.2. The number of halogens is 4. The third kappa shape index (κ3) is 5.68. The Morgan fingerprint density at radius 2 is 1.93 bits per heavy atom. The Labute approximate surface area is 235 Å². The number of hydrogen-bond acceptors (Lipinski definition) is 8. The largest absolute Gasteiger partial charge is 0.496 e. The number of anilines is 2. The van der Waals surface area contributed by atoms with E-state index in [1.165, 1.54) is 55.8 Å². The van der Waals surface area contributed by atoms with Crippen LogP contribution in [-0.2, 0) is 6.54 Å². The van der Waals surface area contributed by atoms with Crippen LogP contribution in [0.2, 0.25) is 0 Å². The number of alkyl halides is 3. The van der Waals surface area contributed by atoms with Crippen molar-refractivity contribution in [2.45, 2.75) is 12.7 Å². The number of aromatic nitrogens is 2. The van der Waals surface area contributed by atoms with Gasteiger partial charge >= 0.3 is 12.1 Å². The van der Waals surface area contributed by atoms with Gasteiger partial charge in [0.05, 0.1) is 42.3 Å². The summed E-state index contributed by atoms with van der Waals surface area (Å²) >= 11 is 0. The maximum absolute atomic E-state index is 15.2. The third-order valence-corrected chi connectivity index (χ3v) is 6.22. The summed E-state index contributed by atoms with van der Waals surface area (Å²) in [5.74, 6) is -2.15. The first-order chi connectivity index (χ1) is 20.1. The molecular weight excluding hydrogens is 558 g/mol. The number of benzene rings is 3. The van der Waals surface area contributed by atoms with Crippen molar-refractivity contribution in [1.29, 1.82) is 5.26 Å². The number of aliphatic imine (C=N–C) groups is 1. The molecule has 0 bridgehead atoms. The van der Waals surface area contributed by atoms with Crippen LogP contribution in [-0.4, -0.2) is 46.6 Å². The minimum absolute atomic E-state index is 0.0149. The lowest BCUT2D eigenvalue weighted by atomic mass is 9.93. The van der Waals surface area contributed by atoms with Gasteiger partial charge < -0.3 is 19.9 Å². The summed E-state index contributed by atoms with van der Waals surface area (Å²) < 4.78 is 64.2. The molecule has 0 saturated carbocycles. The van der Waals surface area contributed by atoms with E-state index in [-0.39, 0.29) is 52.0 Å². The summed E-state index contributed by atoms with van der Waals surface area (Å²) in [6.07, 6.45) is -3.17. The second kappa shape index (κ2) is 11.2. The SMILES string of the molecule is COc1cc(Nc2ncc3c(n2)-c2ccc(C#N)cc2C(c2c(F)cccc2OCC(F)(F)F)=NC3)ccc1C(=O)O. The minimum Gasteiger partial charge on any atom is -0.496 e. The van der Waals surface area contributed by atoms with Gasteiger partial charge in [0.2, 0.25) is 5.95 Å². The van der Waals surface area contributed by atoms with Crippen LogP contribution in [0, 0.1) is 17.1 Å². The van der Waals surface area contributed by atoms with E-state index in [1.54, 1.807) is 6.07 Å². The molecule has 0 unspecified atom stereocenters. The second-order valence-corrected chi connectivity index (χ2v) is 8.97. The van der Waals surface area contributed by atoms with Gasteiger partial charge in [-0.1, -0.05) is 12.1 Å². The Kier molecular flexibility index (Phi) is 7.45. The highest BCUT2D eigenvalue weighted by molar-refractivity contribution is 6.18. The van der Waals surface area contributed by atoms with Crippen LogP contribution in [0.15, 0.2) is 65.8 Å². The first kappa shape index (κ1) is 28.0. The molecule has 2 N–H and O–H groups in total. The van der Waals surface area contributed by atoms with E-state index in [9.17, 15) is 28.3 Å². The number of carboxylic acid groups (broad SMARTS) is 1. The van der Waals surface area contributed by atoms with Crippen molar-refractivity contribution in [3.8, 4) is 28.8 Å². The molecule has 0 radical (unpaired) electrons. The Morgan fingerprint density at radius 3 is 2.64 bits per heavy atom. The average molecular weight is 577 g/mol. The van der Waals surface area contributed by atoms with E-state index in [2.05, 4.69) is 20.3 Å². The zero-order chi connectivity index (χ0) is 30.0. The lowest BCUT2D eigenvalue weighted by Crippen LogP contribution is -2.21. The van der Waals surface area contributed by atoms with Crippen LogP contribution >= 0.6 is 0 Å². The smallest absolute Gasteiger partial charge is 0.422 e. The van der Waals surface area contributed by atoms with E-state index in [1.807, 2.05) is 6.07 Å². The highest BCUT2D eigenvalue weighted by atomic mass is 19.4. The van der Waals surface area contributed by atoms with Crippen molar-refractivity contribution in [3.63, 3.8) is 0 Å². The van der Waals surface area contributed by atoms with Crippen LogP contribution in [0.25, 0.3) is 11.3 Å². The van der Waals surface area contributed by atoms with Gasteiger partial charge in [0.15, 0.2) is 6.61 Å². The molecule has 0 amide bonds. The lowest BCUT2D eigenvalue weighted by molar-refractivity contribution is -0.153. The van der Waals surface area contributed by atoms with Crippen molar-refractivity contribution < 1.29 is 36.9 Å².